The molecule has 0 atom stereocenters. The van der Waals surface area contributed by atoms with Crippen molar-refractivity contribution in [3.05, 3.63) is 168 Å². The van der Waals surface area contributed by atoms with Crippen molar-refractivity contribution in [2.24, 2.45) is 0 Å². The van der Waals surface area contributed by atoms with E-state index in [0.717, 1.165) is 0 Å². The van der Waals surface area contributed by atoms with Crippen LogP contribution in [0.2, 0.25) is 0 Å². The van der Waals surface area contributed by atoms with Gasteiger partial charge < -0.3 is 9.80 Å². The number of nitrogens with zero attached hydrogens (tertiary/aromatic N) is 2. The standard InChI is InChI=1S/C21H25N2.C18H15P.ClH.Rh/c1-14-9-16(3)20(17(4)10-14)22-7-8-23(13-22)21-18(5)11-15(2)12-19(21)6;1-4-10-16(11-5-1)19(17-12-6-2-7-13-17)18-14-8-3-9-15-18;;/h7-13H,1-6H3;1-15H;1H;/q-1;;;+3. The van der Waals surface area contributed by atoms with Crippen LogP contribution in [0.5, 0.6) is 0 Å². The molecule has 0 N–H and O–H groups in total. The number of anilines is 2. The average Bonchev–Trinajstić information content (AvgIpc) is 3.48. The van der Waals surface area contributed by atoms with Gasteiger partial charge in [-0.15, -0.1) is 6.67 Å². The van der Waals surface area contributed by atoms with Crippen LogP contribution >= 0.6 is 17.6 Å². The molecule has 0 bridgehead atoms. The van der Waals surface area contributed by atoms with E-state index in [1.54, 1.807) is 0 Å². The van der Waals surface area contributed by atoms with Crippen LogP contribution in [0.3, 0.4) is 0 Å². The first-order chi connectivity index (χ1) is 21.3. The van der Waals surface area contributed by atoms with Crippen LogP contribution in [0.25, 0.3) is 0 Å². The van der Waals surface area contributed by atoms with Gasteiger partial charge >= 0.3 is 27.0 Å². The molecular formula is C39H41ClN2PRh+2. The summed E-state index contributed by atoms with van der Waals surface area (Å²) in [6.07, 6.45) is 4.28. The van der Waals surface area contributed by atoms with Gasteiger partial charge in [0.25, 0.3) is 0 Å². The minimum Gasteiger partial charge on any atom is -0.0620 e. The fraction of sp³-hybridized carbons (Fsp3) is 0.154. The molecule has 1 aliphatic rings. The fourth-order valence-electron chi connectivity index (χ4n) is 6.09. The van der Waals surface area contributed by atoms with Gasteiger partial charge in [-0.05, 0) is 113 Å². The van der Waals surface area contributed by atoms with E-state index in [0.29, 0.717) is 0 Å². The smallest absolute Gasteiger partial charge is 0.0620 e. The Hall–Kier alpha value is -3.22. The molecule has 0 aromatic heterocycles. The van der Waals surface area contributed by atoms with E-state index < -0.39 is 7.92 Å². The van der Waals surface area contributed by atoms with Gasteiger partial charge in [-0.3, -0.25) is 0 Å². The molecule has 5 aromatic rings. The van der Waals surface area contributed by atoms with Crippen molar-refractivity contribution in [1.82, 2.24) is 0 Å². The number of rotatable bonds is 5. The molecular weight excluding hydrogens is 666 g/mol. The van der Waals surface area contributed by atoms with Crippen LogP contribution < -0.4 is 25.7 Å². The second-order valence-electron chi connectivity index (χ2n) is 11.2. The largest absolute Gasteiger partial charge is 0.102 e. The van der Waals surface area contributed by atoms with Crippen molar-refractivity contribution in [1.29, 1.82) is 0 Å². The van der Waals surface area contributed by atoms with E-state index >= 15 is 0 Å². The number of halogens is 1. The van der Waals surface area contributed by atoms with E-state index in [9.17, 15) is 0 Å². The van der Waals surface area contributed by atoms with E-state index in [2.05, 4.69) is 195 Å². The molecule has 6 rings (SSSR count). The predicted molar refractivity (Wildman–Crippen MR) is 192 cm³/mol. The normalized spacial score (nSPS) is 12.0. The average molecular weight is 707 g/mol. The SMILES string of the molecule is Cc1cc(C)c(N2C=CN(c3c(C)cc(C)cc3C)[CH-]2)c(C)c1.[Cl][Rh+2].c1ccc([PH+](c2ccccc2)c2ccccc2)cc1. The molecule has 0 saturated heterocycles. The summed E-state index contributed by atoms with van der Waals surface area (Å²) in [4.78, 5) is 4.45. The van der Waals surface area contributed by atoms with Gasteiger partial charge in [0.15, 0.2) is 0 Å². The maximum Gasteiger partial charge on any atom is 0.102 e. The van der Waals surface area contributed by atoms with E-state index in [1.807, 2.05) is 17.3 Å². The monoisotopic (exact) mass is 706 g/mol. The Kier molecular flexibility index (Phi) is 12.4. The Morgan fingerprint density at radius 1 is 0.477 bits per heavy atom. The van der Waals surface area contributed by atoms with Gasteiger partial charge in [0.2, 0.25) is 0 Å². The molecule has 2 nitrogen and oxygen atoms in total. The molecule has 0 unspecified atom stereocenters. The molecule has 5 aromatic carbocycles. The third kappa shape index (κ3) is 8.28. The summed E-state index contributed by atoms with van der Waals surface area (Å²) in [7, 11) is 3.65. The van der Waals surface area contributed by atoms with Crippen LogP contribution in [0, 0.1) is 48.2 Å². The zero-order valence-corrected chi connectivity index (χ0v) is 29.7. The summed E-state index contributed by atoms with van der Waals surface area (Å²) >= 11 is 2.02. The third-order valence-corrected chi connectivity index (χ3v) is 10.3. The summed E-state index contributed by atoms with van der Waals surface area (Å²) in [5.41, 5.74) is 10.4. The Balaban J connectivity index is 0.000000193. The minimum atomic E-state index is -0.877. The molecule has 0 amide bonds. The Morgan fingerprint density at radius 2 is 0.750 bits per heavy atom. The molecule has 1 heterocycles. The van der Waals surface area contributed by atoms with Gasteiger partial charge in [0.1, 0.15) is 15.9 Å². The molecule has 0 radical (unpaired) electrons. The first-order valence-electron chi connectivity index (χ1n) is 14.7. The van der Waals surface area contributed by atoms with E-state index in [4.69, 9.17) is 0 Å². The van der Waals surface area contributed by atoms with Gasteiger partial charge in [0, 0.05) is 11.4 Å². The minimum absolute atomic E-state index is 0.877. The van der Waals surface area contributed by atoms with Crippen LogP contribution in [0.4, 0.5) is 11.4 Å². The predicted octanol–water partition coefficient (Wildman–Crippen LogP) is 9.32. The van der Waals surface area contributed by atoms with Crippen molar-refractivity contribution in [2.45, 2.75) is 41.5 Å². The molecule has 0 spiro atoms. The molecule has 0 aliphatic carbocycles. The zero-order chi connectivity index (χ0) is 31.6. The van der Waals surface area contributed by atoms with Crippen molar-refractivity contribution in [3.63, 3.8) is 0 Å². The maximum atomic E-state index is 4.53. The quantitative estimate of drug-likeness (QED) is 0.102. The third-order valence-electron chi connectivity index (χ3n) is 7.61. The van der Waals surface area contributed by atoms with Crippen LogP contribution in [-0.2, 0) is 17.3 Å². The van der Waals surface area contributed by atoms with Crippen molar-refractivity contribution in [2.75, 3.05) is 9.80 Å². The van der Waals surface area contributed by atoms with E-state index in [-0.39, 0.29) is 0 Å². The first-order valence-corrected chi connectivity index (χ1v) is 18.3. The van der Waals surface area contributed by atoms with Crippen LogP contribution in [-0.4, -0.2) is 0 Å². The number of benzene rings is 5. The molecule has 44 heavy (non-hydrogen) atoms. The maximum absolute atomic E-state index is 4.53. The van der Waals surface area contributed by atoms with Crippen molar-refractivity contribution >= 4 is 44.9 Å². The molecule has 0 fully saturated rings. The second-order valence-corrected chi connectivity index (χ2v) is 13.7. The van der Waals surface area contributed by atoms with Crippen LogP contribution in [0.15, 0.2) is 128 Å². The summed E-state index contributed by atoms with van der Waals surface area (Å²) in [6.45, 7) is 15.2. The zero-order valence-electron chi connectivity index (χ0n) is 26.3. The molecule has 1 aliphatic heterocycles. The first kappa shape index (κ1) is 33.7. The van der Waals surface area contributed by atoms with E-state index in [1.165, 1.54) is 60.7 Å². The van der Waals surface area contributed by atoms with Gasteiger partial charge in [-0.1, -0.05) is 90.0 Å². The Bertz CT molecular complexity index is 1470. The number of aryl methyl sites for hydroxylation is 6. The second kappa shape index (κ2) is 16.2. The number of hydrogen-bond acceptors (Lipinski definition) is 2. The van der Waals surface area contributed by atoms with Crippen molar-refractivity contribution in [3.8, 4) is 0 Å². The summed E-state index contributed by atoms with van der Waals surface area (Å²) in [5.74, 6) is 0. The van der Waals surface area contributed by atoms with Crippen LogP contribution in [0.1, 0.15) is 33.4 Å². The summed E-state index contributed by atoms with van der Waals surface area (Å²) in [6, 6.07) is 41.5. The fourth-order valence-corrected chi connectivity index (χ4v) is 8.67. The summed E-state index contributed by atoms with van der Waals surface area (Å²) in [5, 5.41) is 4.31. The Morgan fingerprint density at radius 3 is 1.02 bits per heavy atom. The molecule has 226 valence electrons. The van der Waals surface area contributed by atoms with Gasteiger partial charge in [-0.25, -0.2) is 0 Å². The molecule has 5 heteroatoms. The van der Waals surface area contributed by atoms with Gasteiger partial charge in [0.05, 0.1) is 7.92 Å². The van der Waals surface area contributed by atoms with Gasteiger partial charge in [-0.2, -0.15) is 0 Å². The van der Waals surface area contributed by atoms with Crippen molar-refractivity contribution < 1.29 is 17.3 Å². The Labute approximate surface area is 279 Å². The molecule has 0 saturated carbocycles. The summed E-state index contributed by atoms with van der Waals surface area (Å²) < 4.78 is 0. The number of hydrogen-bond donors (Lipinski definition) is 0. The topological polar surface area (TPSA) is 6.48 Å².